The van der Waals surface area contributed by atoms with E-state index in [2.05, 4.69) is 10.3 Å². The Balaban J connectivity index is 1.94. The summed E-state index contributed by atoms with van der Waals surface area (Å²) in [5, 5.41) is 12.0. The molecule has 5 heteroatoms. The average molecular weight is 224 g/mol. The van der Waals surface area contributed by atoms with Crippen LogP contribution in [0.5, 0.6) is 5.75 Å². The SMILES string of the molecule is C[C@]1(C(=O)NCc2ncccc2O)C[C@@H]1F. The first-order valence-electron chi connectivity index (χ1n) is 5.09. The number of carbonyl (C=O) groups is 1. The molecule has 1 aromatic heterocycles. The zero-order valence-corrected chi connectivity index (χ0v) is 8.90. The molecule has 0 aromatic carbocycles. The van der Waals surface area contributed by atoms with Crippen LogP contribution in [0.4, 0.5) is 4.39 Å². The Morgan fingerprint density at radius 2 is 2.50 bits per heavy atom. The van der Waals surface area contributed by atoms with E-state index < -0.39 is 11.6 Å². The molecule has 0 aliphatic heterocycles. The lowest BCUT2D eigenvalue weighted by Gasteiger charge is -2.10. The molecule has 2 rings (SSSR count). The first-order valence-corrected chi connectivity index (χ1v) is 5.09. The molecule has 1 aliphatic carbocycles. The minimum atomic E-state index is -1.05. The van der Waals surface area contributed by atoms with Gasteiger partial charge in [-0.1, -0.05) is 0 Å². The van der Waals surface area contributed by atoms with Crippen LogP contribution >= 0.6 is 0 Å². The molecule has 0 spiro atoms. The van der Waals surface area contributed by atoms with E-state index in [-0.39, 0.29) is 24.6 Å². The zero-order chi connectivity index (χ0) is 11.8. The highest BCUT2D eigenvalue weighted by Gasteiger charge is 2.57. The van der Waals surface area contributed by atoms with Crippen molar-refractivity contribution in [3.05, 3.63) is 24.0 Å². The molecule has 4 nitrogen and oxygen atoms in total. The highest BCUT2D eigenvalue weighted by atomic mass is 19.1. The van der Waals surface area contributed by atoms with E-state index in [0.717, 1.165) is 0 Å². The Morgan fingerprint density at radius 3 is 3.06 bits per heavy atom. The molecule has 0 radical (unpaired) electrons. The number of aromatic hydroxyl groups is 1. The second-order valence-corrected chi connectivity index (χ2v) is 4.24. The minimum absolute atomic E-state index is 0.0283. The maximum Gasteiger partial charge on any atom is 0.229 e. The molecule has 86 valence electrons. The van der Waals surface area contributed by atoms with Crippen LogP contribution < -0.4 is 5.32 Å². The van der Waals surface area contributed by atoms with Crippen LogP contribution in [0.1, 0.15) is 19.0 Å². The van der Waals surface area contributed by atoms with Gasteiger partial charge in [-0.25, -0.2) is 4.39 Å². The maximum absolute atomic E-state index is 12.9. The molecule has 0 bridgehead atoms. The van der Waals surface area contributed by atoms with Crippen LogP contribution in [0.2, 0.25) is 0 Å². The number of halogens is 1. The molecule has 1 fully saturated rings. The summed E-state index contributed by atoms with van der Waals surface area (Å²) in [6.07, 6.45) is 0.746. The van der Waals surface area contributed by atoms with Gasteiger partial charge in [-0.05, 0) is 25.5 Å². The Kier molecular flexibility index (Phi) is 2.53. The number of nitrogens with one attached hydrogen (secondary N) is 1. The van der Waals surface area contributed by atoms with Gasteiger partial charge in [-0.15, -0.1) is 0 Å². The van der Waals surface area contributed by atoms with E-state index in [1.807, 2.05) is 0 Å². The molecule has 1 saturated carbocycles. The molecule has 1 amide bonds. The monoisotopic (exact) mass is 224 g/mol. The number of aromatic nitrogens is 1. The standard InChI is InChI=1S/C11H13FN2O2/c1-11(5-9(11)12)10(16)14-6-7-8(15)3-2-4-13-7/h2-4,9,15H,5-6H2,1H3,(H,14,16)/t9-,11-/m0/s1. The van der Waals surface area contributed by atoms with Gasteiger partial charge < -0.3 is 10.4 Å². The van der Waals surface area contributed by atoms with Crippen molar-refractivity contribution in [2.45, 2.75) is 26.1 Å². The van der Waals surface area contributed by atoms with E-state index in [0.29, 0.717) is 5.69 Å². The minimum Gasteiger partial charge on any atom is -0.506 e. The summed E-state index contributed by atoms with van der Waals surface area (Å²) in [6.45, 7) is 1.71. The highest BCUT2D eigenvalue weighted by molar-refractivity contribution is 5.86. The summed E-state index contributed by atoms with van der Waals surface area (Å²) < 4.78 is 12.9. The molecule has 2 atom stereocenters. The fraction of sp³-hybridized carbons (Fsp3) is 0.455. The zero-order valence-electron chi connectivity index (χ0n) is 8.90. The van der Waals surface area contributed by atoms with Crippen LogP contribution in [0.15, 0.2) is 18.3 Å². The van der Waals surface area contributed by atoms with Crippen molar-refractivity contribution >= 4 is 5.91 Å². The Labute approximate surface area is 92.5 Å². The van der Waals surface area contributed by atoms with E-state index >= 15 is 0 Å². The van der Waals surface area contributed by atoms with Gasteiger partial charge in [0.2, 0.25) is 5.91 Å². The van der Waals surface area contributed by atoms with E-state index in [1.54, 1.807) is 13.0 Å². The van der Waals surface area contributed by atoms with Crippen molar-refractivity contribution in [1.82, 2.24) is 10.3 Å². The predicted octanol–water partition coefficient (Wildman–Crippen LogP) is 1.15. The maximum atomic E-state index is 12.9. The molecule has 1 aromatic rings. The van der Waals surface area contributed by atoms with E-state index in [4.69, 9.17) is 0 Å². The number of alkyl halides is 1. The van der Waals surface area contributed by atoms with Crippen LogP contribution in [-0.4, -0.2) is 22.2 Å². The first-order chi connectivity index (χ1) is 7.54. The van der Waals surface area contributed by atoms with Gasteiger partial charge >= 0.3 is 0 Å². The van der Waals surface area contributed by atoms with Crippen molar-refractivity contribution < 1.29 is 14.3 Å². The fourth-order valence-corrected chi connectivity index (χ4v) is 1.48. The van der Waals surface area contributed by atoms with Crippen LogP contribution in [0.25, 0.3) is 0 Å². The summed E-state index contributed by atoms with van der Waals surface area (Å²) in [7, 11) is 0. The number of carbonyl (C=O) groups excluding carboxylic acids is 1. The molecule has 16 heavy (non-hydrogen) atoms. The second-order valence-electron chi connectivity index (χ2n) is 4.24. The van der Waals surface area contributed by atoms with Crippen LogP contribution in [-0.2, 0) is 11.3 Å². The van der Waals surface area contributed by atoms with Crippen LogP contribution in [0, 0.1) is 5.41 Å². The topological polar surface area (TPSA) is 62.2 Å². The molecular formula is C11H13FN2O2. The predicted molar refractivity (Wildman–Crippen MR) is 55.4 cm³/mol. The van der Waals surface area contributed by atoms with Gasteiger partial charge in [0.25, 0.3) is 0 Å². The highest BCUT2D eigenvalue weighted by Crippen LogP contribution is 2.48. The van der Waals surface area contributed by atoms with Crippen molar-refractivity contribution in [2.24, 2.45) is 5.41 Å². The van der Waals surface area contributed by atoms with Crippen LogP contribution in [0.3, 0.4) is 0 Å². The Hall–Kier alpha value is -1.65. The first kappa shape index (κ1) is 10.9. The largest absolute Gasteiger partial charge is 0.506 e. The van der Waals surface area contributed by atoms with Crippen molar-refractivity contribution in [3.8, 4) is 5.75 Å². The molecule has 0 saturated heterocycles. The van der Waals surface area contributed by atoms with Gasteiger partial charge in [0.15, 0.2) is 0 Å². The summed E-state index contributed by atoms with van der Waals surface area (Å²) in [5.74, 6) is -0.300. The number of rotatable bonds is 3. The normalized spacial score (nSPS) is 27.5. The smallest absolute Gasteiger partial charge is 0.229 e. The molecule has 2 N–H and O–H groups in total. The number of pyridine rings is 1. The fourth-order valence-electron chi connectivity index (χ4n) is 1.48. The lowest BCUT2D eigenvalue weighted by atomic mass is 10.1. The number of amides is 1. The average Bonchev–Trinajstić information content (AvgIpc) is 2.87. The number of hydrogen-bond acceptors (Lipinski definition) is 3. The van der Waals surface area contributed by atoms with E-state index in [1.165, 1.54) is 12.3 Å². The van der Waals surface area contributed by atoms with Gasteiger partial charge in [0.05, 0.1) is 12.0 Å². The molecule has 1 heterocycles. The van der Waals surface area contributed by atoms with Gasteiger partial charge in [0, 0.05) is 6.20 Å². The summed E-state index contributed by atoms with van der Waals surface area (Å²) in [4.78, 5) is 15.5. The van der Waals surface area contributed by atoms with Crippen molar-refractivity contribution in [3.63, 3.8) is 0 Å². The lowest BCUT2D eigenvalue weighted by molar-refractivity contribution is -0.126. The van der Waals surface area contributed by atoms with Crippen molar-refractivity contribution in [2.75, 3.05) is 0 Å². The Morgan fingerprint density at radius 1 is 1.81 bits per heavy atom. The molecule has 1 aliphatic rings. The number of nitrogens with zero attached hydrogens (tertiary/aromatic N) is 1. The quantitative estimate of drug-likeness (QED) is 0.809. The summed E-state index contributed by atoms with van der Waals surface area (Å²) in [5.41, 5.74) is -0.500. The number of hydrogen-bond donors (Lipinski definition) is 2. The summed E-state index contributed by atoms with van der Waals surface area (Å²) >= 11 is 0. The van der Waals surface area contributed by atoms with E-state index in [9.17, 15) is 14.3 Å². The van der Waals surface area contributed by atoms with Gasteiger partial charge in [-0.2, -0.15) is 0 Å². The lowest BCUT2D eigenvalue weighted by Crippen LogP contribution is -2.31. The summed E-state index contributed by atoms with van der Waals surface area (Å²) in [6, 6.07) is 3.09. The third-order valence-electron chi connectivity index (χ3n) is 2.94. The van der Waals surface area contributed by atoms with Crippen molar-refractivity contribution in [1.29, 1.82) is 0 Å². The third-order valence-corrected chi connectivity index (χ3v) is 2.94. The molecule has 0 unspecified atom stereocenters. The molecular weight excluding hydrogens is 211 g/mol. The van der Waals surface area contributed by atoms with Gasteiger partial charge in [-0.3, -0.25) is 9.78 Å². The second kappa shape index (κ2) is 3.73. The third kappa shape index (κ3) is 1.85. The Bertz CT molecular complexity index is 424. The van der Waals surface area contributed by atoms with Gasteiger partial charge in [0.1, 0.15) is 17.6 Å².